The highest BCUT2D eigenvalue weighted by Crippen LogP contribution is 2.48. The fraction of sp³-hybridized carbons (Fsp3) is 0. The van der Waals surface area contributed by atoms with Gasteiger partial charge < -0.3 is 13.7 Å². The first-order valence-corrected chi connectivity index (χ1v) is 18.3. The van der Waals surface area contributed by atoms with E-state index in [1.165, 1.54) is 0 Å². The minimum Gasteiger partial charge on any atom is -0.456 e. The second-order valence-corrected chi connectivity index (χ2v) is 13.6. The minimum atomic E-state index is -0.408. The predicted molar refractivity (Wildman–Crippen MR) is 229 cm³/mol. The van der Waals surface area contributed by atoms with Crippen LogP contribution in [0.15, 0.2) is 209 Å². The molecular weight excluding hydrogens is 671 g/mol. The molecule has 0 bridgehead atoms. The van der Waals surface area contributed by atoms with Crippen LogP contribution in [0.3, 0.4) is 0 Å². The Bertz CT molecular complexity index is 3470. The summed E-state index contributed by atoms with van der Waals surface area (Å²) in [5, 5.41) is 5.75. The highest BCUT2D eigenvalue weighted by Gasteiger charge is 2.24. The molecule has 0 saturated heterocycles. The van der Waals surface area contributed by atoms with Crippen LogP contribution in [0.2, 0.25) is 0 Å². The number of fused-ring (bicyclic) bond motifs is 7. The molecular formula is C52H33NO2. The van der Waals surface area contributed by atoms with Gasteiger partial charge in [-0.2, -0.15) is 0 Å². The first-order chi connectivity index (χ1) is 29.4. The lowest BCUT2D eigenvalue weighted by Gasteiger charge is -2.26. The van der Waals surface area contributed by atoms with E-state index in [1.54, 1.807) is 0 Å². The van der Waals surface area contributed by atoms with Gasteiger partial charge in [-0.15, -0.1) is 0 Å². The van der Waals surface area contributed by atoms with Gasteiger partial charge in [0.25, 0.3) is 0 Å². The Hall–Kier alpha value is -7.36. The van der Waals surface area contributed by atoms with Crippen LogP contribution in [0.1, 0.15) is 6.85 Å². The molecule has 11 rings (SSSR count). The molecule has 2 heterocycles. The summed E-state index contributed by atoms with van der Waals surface area (Å²) >= 11 is 0. The lowest BCUT2D eigenvalue weighted by atomic mass is 9.92. The van der Waals surface area contributed by atoms with Gasteiger partial charge in [0, 0.05) is 27.4 Å². The molecule has 0 amide bonds. The zero-order valence-electron chi connectivity index (χ0n) is 34.4. The van der Waals surface area contributed by atoms with E-state index in [1.807, 2.05) is 84.9 Å². The molecule has 0 aliphatic heterocycles. The highest BCUT2D eigenvalue weighted by atomic mass is 16.3. The summed E-state index contributed by atoms with van der Waals surface area (Å²) in [7, 11) is 0. The van der Waals surface area contributed by atoms with Gasteiger partial charge in [-0.1, -0.05) is 164 Å². The van der Waals surface area contributed by atoms with Crippen LogP contribution in [0.4, 0.5) is 17.1 Å². The maximum absolute atomic E-state index is 8.70. The van der Waals surface area contributed by atoms with Crippen LogP contribution in [-0.4, -0.2) is 0 Å². The maximum atomic E-state index is 8.70. The fourth-order valence-electron chi connectivity index (χ4n) is 8.12. The molecule has 0 saturated carbocycles. The van der Waals surface area contributed by atoms with E-state index in [-0.39, 0.29) is 29.7 Å². The van der Waals surface area contributed by atoms with Crippen LogP contribution < -0.4 is 4.90 Å². The third kappa shape index (κ3) is 5.05. The van der Waals surface area contributed by atoms with E-state index in [0.717, 1.165) is 94.0 Å². The predicted octanol–water partition coefficient (Wildman–Crippen LogP) is 15.1. The molecule has 2 aromatic heterocycles. The van der Waals surface area contributed by atoms with Crippen molar-refractivity contribution in [2.75, 3.05) is 4.90 Å². The Labute approximate surface area is 324 Å². The van der Waals surface area contributed by atoms with E-state index < -0.39 is 6.04 Å². The summed E-state index contributed by atoms with van der Waals surface area (Å²) in [6, 6.07) is 55.8. The SMILES string of the molecule is [2H]c1c([2H])c([2H])c(-c2ccc(-c3ccc(N(c4cccc5c4oc4c(-c6ccccc6)cccc45)c4cccc5oc6ccccc6c45)cc3)c3ccccc23)c([2H])c1[2H]. The van der Waals surface area contributed by atoms with Crippen LogP contribution in [-0.2, 0) is 0 Å². The minimum absolute atomic E-state index is 0.186. The third-order valence-corrected chi connectivity index (χ3v) is 10.6. The third-order valence-electron chi connectivity index (χ3n) is 10.6. The van der Waals surface area contributed by atoms with Gasteiger partial charge in [-0.3, -0.25) is 0 Å². The molecule has 0 N–H and O–H groups in total. The van der Waals surface area contributed by atoms with Gasteiger partial charge in [0.05, 0.1) is 23.6 Å². The lowest BCUT2D eigenvalue weighted by Crippen LogP contribution is -2.10. The van der Waals surface area contributed by atoms with E-state index in [9.17, 15) is 0 Å². The van der Waals surface area contributed by atoms with Gasteiger partial charge in [0.1, 0.15) is 16.7 Å². The second-order valence-electron chi connectivity index (χ2n) is 13.6. The van der Waals surface area contributed by atoms with Crippen molar-refractivity contribution < 1.29 is 15.7 Å². The molecule has 0 aliphatic rings. The molecule has 0 unspecified atom stereocenters. The highest BCUT2D eigenvalue weighted by molar-refractivity contribution is 6.17. The van der Waals surface area contributed by atoms with Gasteiger partial charge in [0.2, 0.25) is 0 Å². The van der Waals surface area contributed by atoms with Crippen molar-refractivity contribution >= 4 is 71.7 Å². The van der Waals surface area contributed by atoms with Gasteiger partial charge in [-0.25, -0.2) is 0 Å². The first-order valence-electron chi connectivity index (χ1n) is 20.8. The van der Waals surface area contributed by atoms with E-state index in [2.05, 4.69) is 89.8 Å². The zero-order valence-corrected chi connectivity index (χ0v) is 29.4. The molecule has 0 fully saturated rings. The summed E-state index contributed by atoms with van der Waals surface area (Å²) in [4.78, 5) is 2.25. The molecule has 55 heavy (non-hydrogen) atoms. The van der Waals surface area contributed by atoms with E-state index >= 15 is 0 Å². The summed E-state index contributed by atoms with van der Waals surface area (Å²) in [6.07, 6.45) is 0. The average Bonchev–Trinajstić information content (AvgIpc) is 3.88. The Morgan fingerprint density at radius 2 is 0.945 bits per heavy atom. The quantitative estimate of drug-likeness (QED) is 0.172. The van der Waals surface area contributed by atoms with Crippen molar-refractivity contribution in [3.63, 3.8) is 0 Å². The van der Waals surface area contributed by atoms with Crippen LogP contribution in [0, 0.1) is 0 Å². The molecule has 0 atom stereocenters. The molecule has 3 heteroatoms. The first kappa shape index (κ1) is 26.4. The number of anilines is 3. The Kier molecular flexibility index (Phi) is 6.07. The molecule has 11 aromatic rings. The fourth-order valence-corrected chi connectivity index (χ4v) is 8.12. The molecule has 0 radical (unpaired) electrons. The maximum Gasteiger partial charge on any atom is 0.159 e. The Morgan fingerprint density at radius 1 is 0.364 bits per heavy atom. The largest absolute Gasteiger partial charge is 0.456 e. The lowest BCUT2D eigenvalue weighted by molar-refractivity contribution is 0.668. The van der Waals surface area contributed by atoms with E-state index in [0.29, 0.717) is 5.56 Å². The number of para-hydroxylation sites is 3. The zero-order chi connectivity index (χ0) is 40.6. The summed E-state index contributed by atoms with van der Waals surface area (Å²) in [6.45, 7) is 0. The van der Waals surface area contributed by atoms with Crippen LogP contribution in [0.5, 0.6) is 0 Å². The van der Waals surface area contributed by atoms with Crippen molar-refractivity contribution in [3.05, 3.63) is 200 Å². The van der Waals surface area contributed by atoms with Crippen molar-refractivity contribution in [3.8, 4) is 33.4 Å². The number of rotatable bonds is 6. The normalized spacial score (nSPS) is 12.9. The number of benzene rings is 9. The number of hydrogen-bond donors (Lipinski definition) is 0. The van der Waals surface area contributed by atoms with Gasteiger partial charge in [-0.05, 0) is 75.0 Å². The van der Waals surface area contributed by atoms with Gasteiger partial charge in [0.15, 0.2) is 5.58 Å². The second kappa shape index (κ2) is 12.6. The smallest absolute Gasteiger partial charge is 0.159 e. The van der Waals surface area contributed by atoms with Crippen molar-refractivity contribution in [1.29, 1.82) is 0 Å². The summed E-state index contributed by atoms with van der Waals surface area (Å²) in [5.74, 6) is 0. The molecule has 0 aliphatic carbocycles. The number of furan rings is 2. The van der Waals surface area contributed by atoms with Crippen LogP contribution in [0.25, 0.3) is 88.0 Å². The Balaban J connectivity index is 1.11. The standard InChI is InChI=1S/C52H33NO2/c1-3-14-34(15-4-1)38-32-33-39(42-19-8-7-18-41(38)42)36-28-30-37(31-29-36)53(46-24-13-27-49-50(46)45-20-9-10-26-48(45)54-49)47-25-12-23-44-43-22-11-21-40(51(43)55-52(44)47)35-16-5-2-6-17-35/h1-33H/i1D,3D,4D,14D,15D. The topological polar surface area (TPSA) is 29.5 Å². The summed E-state index contributed by atoms with van der Waals surface area (Å²) in [5.41, 5.74) is 10.7. The molecule has 258 valence electrons. The van der Waals surface area contributed by atoms with Gasteiger partial charge >= 0.3 is 0 Å². The number of hydrogen-bond acceptors (Lipinski definition) is 3. The van der Waals surface area contributed by atoms with Crippen molar-refractivity contribution in [2.45, 2.75) is 0 Å². The molecule has 3 nitrogen and oxygen atoms in total. The molecule has 0 spiro atoms. The summed E-state index contributed by atoms with van der Waals surface area (Å²) < 4.78 is 55.5. The monoisotopic (exact) mass is 708 g/mol. The average molecular weight is 709 g/mol. The van der Waals surface area contributed by atoms with Crippen molar-refractivity contribution in [1.82, 2.24) is 0 Å². The number of nitrogens with zero attached hydrogens (tertiary/aromatic N) is 1. The van der Waals surface area contributed by atoms with Crippen molar-refractivity contribution in [2.24, 2.45) is 0 Å². The Morgan fingerprint density at radius 3 is 1.73 bits per heavy atom. The van der Waals surface area contributed by atoms with Crippen LogP contribution >= 0.6 is 0 Å². The van der Waals surface area contributed by atoms with E-state index in [4.69, 9.17) is 15.7 Å². The molecule has 9 aromatic carbocycles.